The van der Waals surface area contributed by atoms with E-state index >= 15 is 0 Å². The Bertz CT molecular complexity index is 588. The second kappa shape index (κ2) is 4.98. The van der Waals surface area contributed by atoms with E-state index in [4.69, 9.17) is 5.73 Å². The number of carbonyl (C=O) groups is 1. The number of hydrogen-bond acceptors (Lipinski definition) is 3. The van der Waals surface area contributed by atoms with Crippen molar-refractivity contribution in [3.8, 4) is 0 Å². The zero-order chi connectivity index (χ0) is 17.4. The largest absolute Gasteiger partial charge is 0.399 e. The van der Waals surface area contributed by atoms with E-state index < -0.39 is 32.3 Å². The van der Waals surface area contributed by atoms with Gasteiger partial charge in [0.05, 0.1) is 0 Å². The number of rotatable bonds is 5. The predicted molar refractivity (Wildman–Crippen MR) is 77.8 cm³/mol. The molecular formula is C12H18F5N3OS. The highest BCUT2D eigenvalue weighted by Gasteiger charge is 2.65. The van der Waals surface area contributed by atoms with E-state index in [1.807, 2.05) is 0 Å². The molecule has 1 aromatic rings. The molecule has 0 saturated heterocycles. The van der Waals surface area contributed by atoms with Gasteiger partial charge >= 0.3 is 10.2 Å². The normalized spacial score (nSPS) is 15.3. The topological polar surface area (TPSA) is 49.6 Å². The van der Waals surface area contributed by atoms with Gasteiger partial charge in [0.15, 0.2) is 0 Å². The van der Waals surface area contributed by atoms with Crippen molar-refractivity contribution in [1.29, 1.82) is 0 Å². The van der Waals surface area contributed by atoms with Gasteiger partial charge in [-0.1, -0.05) is 19.4 Å². The van der Waals surface area contributed by atoms with Crippen molar-refractivity contribution in [3.05, 3.63) is 23.8 Å². The minimum absolute atomic E-state index is 0.137. The van der Waals surface area contributed by atoms with Crippen LogP contribution in [0.2, 0.25) is 0 Å². The molecule has 0 aliphatic carbocycles. The lowest BCUT2D eigenvalue weighted by molar-refractivity contribution is 0.0786. The molecule has 0 bridgehead atoms. The van der Waals surface area contributed by atoms with Gasteiger partial charge in [0, 0.05) is 31.4 Å². The third-order valence-corrected chi connectivity index (χ3v) is 3.98. The third-order valence-electron chi connectivity index (χ3n) is 2.85. The Balaban J connectivity index is 3.18. The number of nitrogens with zero attached hydrogens (tertiary/aromatic N) is 2. The molecule has 1 rings (SSSR count). The van der Waals surface area contributed by atoms with Crippen LogP contribution in [0.5, 0.6) is 0 Å². The maximum Gasteiger partial charge on any atom is 0.310 e. The maximum atomic E-state index is 12.8. The first-order valence-corrected chi connectivity index (χ1v) is 8.10. The predicted octanol–water partition coefficient (Wildman–Crippen LogP) is 3.56. The molecule has 0 aliphatic rings. The lowest BCUT2D eigenvalue weighted by Crippen LogP contribution is -2.33. The summed E-state index contributed by atoms with van der Waals surface area (Å²) in [5.41, 5.74) is 4.17. The molecule has 0 radical (unpaired) electrons. The van der Waals surface area contributed by atoms with Gasteiger partial charge in [-0.05, 0) is 32.3 Å². The molecule has 0 spiro atoms. The van der Waals surface area contributed by atoms with Crippen LogP contribution < -0.4 is 5.73 Å². The molecule has 128 valence electrons. The van der Waals surface area contributed by atoms with Gasteiger partial charge in [0.2, 0.25) is 0 Å². The Labute approximate surface area is 125 Å². The van der Waals surface area contributed by atoms with E-state index in [-0.39, 0.29) is 18.7 Å². The number of nitrogens with two attached hydrogens (primary N) is 1. The van der Waals surface area contributed by atoms with Gasteiger partial charge in [-0.25, -0.2) is 0 Å². The van der Waals surface area contributed by atoms with Crippen molar-refractivity contribution >= 4 is 21.8 Å². The highest BCUT2D eigenvalue weighted by atomic mass is 32.5. The van der Waals surface area contributed by atoms with E-state index in [1.54, 1.807) is 19.0 Å². The average Bonchev–Trinajstić information content (AvgIpc) is 2.31. The number of hydrogen-bond donors (Lipinski definition) is 1. The van der Waals surface area contributed by atoms with Gasteiger partial charge in [0.1, 0.15) is 4.90 Å². The lowest BCUT2D eigenvalue weighted by atomic mass is 10.2. The highest BCUT2D eigenvalue weighted by molar-refractivity contribution is 8.45. The fourth-order valence-corrected chi connectivity index (χ4v) is 2.35. The van der Waals surface area contributed by atoms with Crippen LogP contribution in [-0.2, 0) is 0 Å². The Morgan fingerprint density at radius 1 is 1.05 bits per heavy atom. The molecule has 10 heteroatoms. The fraction of sp³-hybridized carbons (Fsp3) is 0.417. The summed E-state index contributed by atoms with van der Waals surface area (Å²) in [6, 6.07) is 1.23. The number of anilines is 1. The van der Waals surface area contributed by atoms with Crippen molar-refractivity contribution < 1.29 is 24.2 Å². The van der Waals surface area contributed by atoms with Gasteiger partial charge < -0.3 is 15.5 Å². The molecule has 0 aliphatic heterocycles. The summed E-state index contributed by atoms with van der Waals surface area (Å²) >= 11 is 0. The van der Waals surface area contributed by atoms with Crippen LogP contribution in [-0.4, -0.2) is 49.9 Å². The first kappa shape index (κ1) is 18.5. The minimum atomic E-state index is -9.88. The Morgan fingerprint density at radius 2 is 1.59 bits per heavy atom. The molecular weight excluding hydrogens is 329 g/mol. The Kier molecular flexibility index (Phi) is 4.19. The van der Waals surface area contributed by atoms with Crippen LogP contribution in [0.4, 0.5) is 25.1 Å². The first-order chi connectivity index (χ1) is 9.60. The summed E-state index contributed by atoms with van der Waals surface area (Å²) in [4.78, 5) is 12.8. The lowest BCUT2D eigenvalue weighted by Gasteiger charge is -2.40. The van der Waals surface area contributed by atoms with Crippen molar-refractivity contribution in [1.82, 2.24) is 9.80 Å². The molecule has 0 atom stereocenters. The third kappa shape index (κ3) is 5.02. The summed E-state index contributed by atoms with van der Waals surface area (Å²) in [5.74, 6) is -0.808. The van der Waals surface area contributed by atoms with Crippen LogP contribution in [0, 0.1) is 0 Å². The van der Waals surface area contributed by atoms with Crippen LogP contribution >= 0.6 is 10.2 Å². The number of benzene rings is 1. The molecule has 1 amide bonds. The fourth-order valence-electron chi connectivity index (χ4n) is 1.64. The van der Waals surface area contributed by atoms with Crippen LogP contribution in [0.1, 0.15) is 10.4 Å². The summed E-state index contributed by atoms with van der Waals surface area (Å²) in [5, 5.41) is 0. The number of amides is 1. The molecule has 2 N–H and O–H groups in total. The van der Waals surface area contributed by atoms with E-state index in [0.717, 1.165) is 11.0 Å². The van der Waals surface area contributed by atoms with Crippen molar-refractivity contribution in [2.45, 2.75) is 4.90 Å². The SMILES string of the molecule is CN(C)CCN(C)C(=O)c1cc(N)cc(S(F)(F)(F)(F)F)c1. The second-order valence-electron chi connectivity index (χ2n) is 5.29. The standard InChI is InChI=1S/C12H18F5N3OS/c1-19(2)4-5-20(3)12(21)9-6-10(18)8-11(7-9)22(13,14,15,16)17/h6-8H,4-5,18H2,1-3H3. The van der Waals surface area contributed by atoms with Crippen molar-refractivity contribution in [2.24, 2.45) is 0 Å². The van der Waals surface area contributed by atoms with Gasteiger partial charge in [-0.15, -0.1) is 0 Å². The molecule has 22 heavy (non-hydrogen) atoms. The smallest absolute Gasteiger partial charge is 0.310 e. The van der Waals surface area contributed by atoms with E-state index in [9.17, 15) is 24.2 Å². The first-order valence-electron chi connectivity index (χ1n) is 6.15. The van der Waals surface area contributed by atoms with Gasteiger partial charge in [0.25, 0.3) is 5.91 Å². The zero-order valence-corrected chi connectivity index (χ0v) is 13.1. The Hall–Kier alpha value is -1.55. The number of nitrogen functional groups attached to an aromatic ring is 1. The van der Waals surface area contributed by atoms with Crippen LogP contribution in [0.15, 0.2) is 23.1 Å². The highest BCUT2D eigenvalue weighted by Crippen LogP contribution is 3.02. The molecule has 0 fully saturated rings. The van der Waals surface area contributed by atoms with E-state index in [2.05, 4.69) is 0 Å². The number of likely N-dealkylation sites (N-methyl/N-ethyl adjacent to an activating group) is 2. The quantitative estimate of drug-likeness (QED) is 0.654. The van der Waals surface area contributed by atoms with Crippen molar-refractivity contribution in [2.75, 3.05) is 40.0 Å². The summed E-state index contributed by atoms with van der Waals surface area (Å²) in [6.07, 6.45) is 0. The molecule has 0 saturated carbocycles. The van der Waals surface area contributed by atoms with Crippen LogP contribution in [0.25, 0.3) is 0 Å². The Morgan fingerprint density at radius 3 is 2.05 bits per heavy atom. The molecule has 4 nitrogen and oxygen atoms in total. The zero-order valence-electron chi connectivity index (χ0n) is 12.3. The van der Waals surface area contributed by atoms with Crippen molar-refractivity contribution in [3.63, 3.8) is 0 Å². The average molecular weight is 347 g/mol. The number of carbonyl (C=O) groups excluding carboxylic acids is 1. The molecule has 1 aromatic carbocycles. The number of halogens is 5. The van der Waals surface area contributed by atoms with Crippen LogP contribution in [0.3, 0.4) is 0 Å². The summed E-state index contributed by atoms with van der Waals surface area (Å²) in [7, 11) is -5.00. The van der Waals surface area contributed by atoms with E-state index in [1.165, 1.54) is 7.05 Å². The minimum Gasteiger partial charge on any atom is -0.399 e. The molecule has 0 heterocycles. The monoisotopic (exact) mass is 347 g/mol. The summed E-state index contributed by atoms with van der Waals surface area (Å²) < 4.78 is 64.2. The summed E-state index contributed by atoms with van der Waals surface area (Å²) in [6.45, 7) is 0.700. The van der Waals surface area contributed by atoms with Gasteiger partial charge in [-0.2, -0.15) is 0 Å². The van der Waals surface area contributed by atoms with E-state index in [0.29, 0.717) is 6.54 Å². The van der Waals surface area contributed by atoms with Gasteiger partial charge in [-0.3, -0.25) is 4.79 Å². The maximum absolute atomic E-state index is 12.8. The second-order valence-corrected chi connectivity index (χ2v) is 7.70. The molecule has 0 aromatic heterocycles. The molecule has 0 unspecified atom stereocenters.